The molecule has 0 aliphatic carbocycles. The summed E-state index contributed by atoms with van der Waals surface area (Å²) in [6, 6.07) is 1.83. The second-order valence-electron chi connectivity index (χ2n) is 3.13. The average molecular weight is 199 g/mol. The minimum atomic E-state index is -0.334. The summed E-state index contributed by atoms with van der Waals surface area (Å²) in [7, 11) is 0. The standard InChI is InChI=1S/C9H13NO2S/c1-5(2)8-4-7(9(10)13-8)12-6(3)11/h4-5H,10H2,1-3H3. The molecule has 0 spiro atoms. The fraction of sp³-hybridized carbons (Fsp3) is 0.444. The van der Waals surface area contributed by atoms with Crippen LogP contribution >= 0.6 is 11.3 Å². The van der Waals surface area contributed by atoms with E-state index in [9.17, 15) is 4.79 Å². The molecule has 0 unspecified atom stereocenters. The van der Waals surface area contributed by atoms with Gasteiger partial charge >= 0.3 is 5.97 Å². The number of nitrogens with two attached hydrogens (primary N) is 1. The van der Waals surface area contributed by atoms with Gasteiger partial charge in [-0.15, -0.1) is 11.3 Å². The number of esters is 1. The Labute approximate surface area is 81.5 Å². The minimum Gasteiger partial charge on any atom is -0.424 e. The van der Waals surface area contributed by atoms with E-state index in [1.54, 1.807) is 0 Å². The van der Waals surface area contributed by atoms with E-state index in [0.717, 1.165) is 4.88 Å². The first kappa shape index (κ1) is 10.1. The molecule has 2 N–H and O–H groups in total. The van der Waals surface area contributed by atoms with Gasteiger partial charge in [0.1, 0.15) is 5.00 Å². The molecular weight excluding hydrogens is 186 g/mol. The molecule has 0 amide bonds. The highest BCUT2D eigenvalue weighted by atomic mass is 32.1. The molecule has 0 aliphatic rings. The number of anilines is 1. The van der Waals surface area contributed by atoms with Gasteiger partial charge in [-0.05, 0) is 12.0 Å². The Hall–Kier alpha value is -1.03. The van der Waals surface area contributed by atoms with E-state index in [4.69, 9.17) is 10.5 Å². The maximum absolute atomic E-state index is 10.7. The largest absolute Gasteiger partial charge is 0.424 e. The third-order valence-corrected chi connectivity index (χ3v) is 2.81. The van der Waals surface area contributed by atoms with Gasteiger partial charge in [0.15, 0.2) is 5.75 Å². The number of hydrogen-bond acceptors (Lipinski definition) is 4. The normalized spacial score (nSPS) is 10.5. The highest BCUT2D eigenvalue weighted by Crippen LogP contribution is 2.35. The highest BCUT2D eigenvalue weighted by molar-refractivity contribution is 7.16. The van der Waals surface area contributed by atoms with Crippen molar-refractivity contribution in [3.63, 3.8) is 0 Å². The van der Waals surface area contributed by atoms with Crippen molar-refractivity contribution in [2.45, 2.75) is 26.7 Å². The van der Waals surface area contributed by atoms with Crippen LogP contribution in [-0.4, -0.2) is 5.97 Å². The molecule has 1 aromatic rings. The number of nitrogen functional groups attached to an aromatic ring is 1. The summed E-state index contributed by atoms with van der Waals surface area (Å²) in [5.41, 5.74) is 5.67. The fourth-order valence-electron chi connectivity index (χ4n) is 0.926. The van der Waals surface area contributed by atoms with Gasteiger partial charge in [0, 0.05) is 11.8 Å². The highest BCUT2D eigenvalue weighted by Gasteiger charge is 2.11. The second kappa shape index (κ2) is 3.79. The first-order valence-corrected chi connectivity index (χ1v) is 4.90. The quantitative estimate of drug-likeness (QED) is 0.744. The third kappa shape index (κ3) is 2.45. The molecule has 0 aliphatic heterocycles. The van der Waals surface area contributed by atoms with Gasteiger partial charge in [-0.1, -0.05) is 13.8 Å². The molecule has 13 heavy (non-hydrogen) atoms. The molecular formula is C9H13NO2S. The van der Waals surface area contributed by atoms with Crippen LogP contribution in [0.3, 0.4) is 0 Å². The van der Waals surface area contributed by atoms with Gasteiger partial charge in [0.2, 0.25) is 0 Å². The van der Waals surface area contributed by atoms with E-state index in [1.165, 1.54) is 18.3 Å². The molecule has 0 saturated carbocycles. The molecule has 1 rings (SSSR count). The van der Waals surface area contributed by atoms with Crippen LogP contribution in [0.2, 0.25) is 0 Å². The lowest BCUT2D eigenvalue weighted by atomic mass is 10.2. The van der Waals surface area contributed by atoms with E-state index in [1.807, 2.05) is 6.07 Å². The summed E-state index contributed by atoms with van der Waals surface area (Å²) in [5, 5.41) is 0.568. The van der Waals surface area contributed by atoms with Crippen LogP contribution in [0.5, 0.6) is 5.75 Å². The molecule has 1 aromatic heterocycles. The van der Waals surface area contributed by atoms with Gasteiger partial charge in [0.05, 0.1) is 0 Å². The number of rotatable bonds is 2. The second-order valence-corrected chi connectivity index (χ2v) is 4.24. The number of carbonyl (C=O) groups is 1. The van der Waals surface area contributed by atoms with Gasteiger partial charge in [-0.3, -0.25) is 4.79 Å². The van der Waals surface area contributed by atoms with Gasteiger partial charge in [-0.2, -0.15) is 0 Å². The van der Waals surface area contributed by atoms with Crippen molar-refractivity contribution in [3.8, 4) is 5.75 Å². The van der Waals surface area contributed by atoms with E-state index in [-0.39, 0.29) is 5.97 Å². The molecule has 0 atom stereocenters. The molecule has 72 valence electrons. The first-order valence-electron chi connectivity index (χ1n) is 4.08. The molecule has 3 nitrogen and oxygen atoms in total. The third-order valence-electron chi connectivity index (χ3n) is 1.57. The Kier molecular flexibility index (Phi) is 2.93. The predicted molar refractivity (Wildman–Crippen MR) is 54.1 cm³/mol. The molecule has 0 aromatic carbocycles. The smallest absolute Gasteiger partial charge is 0.308 e. The van der Waals surface area contributed by atoms with Crippen LogP contribution in [0.15, 0.2) is 6.07 Å². The Bertz CT molecular complexity index is 317. The Morgan fingerprint density at radius 3 is 2.62 bits per heavy atom. The lowest BCUT2D eigenvalue weighted by Crippen LogP contribution is -2.01. The zero-order valence-electron chi connectivity index (χ0n) is 7.96. The van der Waals surface area contributed by atoms with E-state index in [2.05, 4.69) is 13.8 Å². The molecule has 0 bridgehead atoms. The summed E-state index contributed by atoms with van der Waals surface area (Å²) in [6.07, 6.45) is 0. The van der Waals surface area contributed by atoms with Crippen molar-refractivity contribution in [2.75, 3.05) is 5.73 Å². The van der Waals surface area contributed by atoms with E-state index in [0.29, 0.717) is 16.7 Å². The van der Waals surface area contributed by atoms with Gasteiger partial charge in [-0.25, -0.2) is 0 Å². The zero-order valence-corrected chi connectivity index (χ0v) is 8.77. The molecule has 1 heterocycles. The van der Waals surface area contributed by atoms with Crippen molar-refractivity contribution < 1.29 is 9.53 Å². The van der Waals surface area contributed by atoms with E-state index < -0.39 is 0 Å². The Balaban J connectivity index is 2.89. The lowest BCUT2D eigenvalue weighted by Gasteiger charge is -1.97. The molecule has 4 heteroatoms. The molecule has 0 saturated heterocycles. The maximum Gasteiger partial charge on any atom is 0.308 e. The fourth-order valence-corrected chi connectivity index (χ4v) is 1.78. The summed E-state index contributed by atoms with van der Waals surface area (Å²) in [4.78, 5) is 11.8. The zero-order chi connectivity index (χ0) is 10.0. The van der Waals surface area contributed by atoms with Crippen LogP contribution in [0.25, 0.3) is 0 Å². The summed E-state index contributed by atoms with van der Waals surface area (Å²) >= 11 is 1.46. The van der Waals surface area contributed by atoms with E-state index >= 15 is 0 Å². The van der Waals surface area contributed by atoms with Crippen molar-refractivity contribution in [2.24, 2.45) is 0 Å². The van der Waals surface area contributed by atoms with Crippen molar-refractivity contribution in [3.05, 3.63) is 10.9 Å². The van der Waals surface area contributed by atoms with Crippen LogP contribution in [0.1, 0.15) is 31.6 Å². The minimum absolute atomic E-state index is 0.334. The summed E-state index contributed by atoms with van der Waals surface area (Å²) < 4.78 is 4.92. The Morgan fingerprint density at radius 1 is 1.62 bits per heavy atom. The van der Waals surface area contributed by atoms with Gasteiger partial charge < -0.3 is 10.5 Å². The topological polar surface area (TPSA) is 52.3 Å². The van der Waals surface area contributed by atoms with Crippen molar-refractivity contribution in [1.29, 1.82) is 0 Å². The molecule has 0 radical (unpaired) electrons. The van der Waals surface area contributed by atoms with Gasteiger partial charge in [0.25, 0.3) is 0 Å². The average Bonchev–Trinajstić information content (AvgIpc) is 2.31. The molecule has 0 fully saturated rings. The Morgan fingerprint density at radius 2 is 2.23 bits per heavy atom. The van der Waals surface area contributed by atoms with Crippen molar-refractivity contribution in [1.82, 2.24) is 0 Å². The SMILES string of the molecule is CC(=O)Oc1cc(C(C)C)sc1N. The first-order chi connectivity index (χ1) is 6.00. The number of thiophene rings is 1. The van der Waals surface area contributed by atoms with Crippen LogP contribution in [-0.2, 0) is 4.79 Å². The number of carbonyl (C=O) groups excluding carboxylic acids is 1. The maximum atomic E-state index is 10.7. The van der Waals surface area contributed by atoms with Crippen LogP contribution in [0.4, 0.5) is 5.00 Å². The number of hydrogen-bond donors (Lipinski definition) is 1. The van der Waals surface area contributed by atoms with Crippen molar-refractivity contribution >= 4 is 22.3 Å². The summed E-state index contributed by atoms with van der Waals surface area (Å²) in [6.45, 7) is 5.51. The van der Waals surface area contributed by atoms with Crippen LogP contribution < -0.4 is 10.5 Å². The lowest BCUT2D eigenvalue weighted by molar-refractivity contribution is -0.131. The summed E-state index contributed by atoms with van der Waals surface area (Å²) in [5.74, 6) is 0.567. The number of ether oxygens (including phenoxy) is 1. The predicted octanol–water partition coefficient (Wildman–Crippen LogP) is 2.38. The van der Waals surface area contributed by atoms with Crippen LogP contribution in [0, 0.1) is 0 Å². The monoisotopic (exact) mass is 199 g/mol.